The van der Waals surface area contributed by atoms with E-state index in [2.05, 4.69) is 0 Å². The number of rotatable bonds is 10. The predicted molar refractivity (Wildman–Crippen MR) is 110 cm³/mol. The Kier molecular flexibility index (Phi) is 6.57. The molecule has 1 aromatic heterocycles. The van der Waals surface area contributed by atoms with E-state index in [0.717, 1.165) is 24.1 Å². The van der Waals surface area contributed by atoms with Gasteiger partial charge in [-0.15, -0.1) is 0 Å². The zero-order valence-electron chi connectivity index (χ0n) is 16.6. The van der Waals surface area contributed by atoms with E-state index in [-0.39, 0.29) is 24.2 Å². The lowest BCUT2D eigenvalue weighted by Gasteiger charge is -2.27. The first-order chi connectivity index (χ1) is 13.4. The standard InChI is InChI=1S/C21H29N3O3S/c1-3-13-23(28(26,27)17-18-8-5-4-6-9-18)16-21(25)24(19-11-12-19)15-20-10-7-14-22(20)2/h4-10,14,19H,3,11-13,15-17H2,1-2H3. The Morgan fingerprint density at radius 2 is 1.86 bits per heavy atom. The molecule has 28 heavy (non-hydrogen) atoms. The van der Waals surface area contributed by atoms with E-state index in [1.807, 2.05) is 60.0 Å². The fourth-order valence-electron chi connectivity index (χ4n) is 3.33. The molecule has 1 saturated carbocycles. The van der Waals surface area contributed by atoms with E-state index >= 15 is 0 Å². The maximum Gasteiger partial charge on any atom is 0.238 e. The van der Waals surface area contributed by atoms with E-state index < -0.39 is 10.0 Å². The van der Waals surface area contributed by atoms with Crippen LogP contribution in [0.3, 0.4) is 0 Å². The number of aromatic nitrogens is 1. The molecular weight excluding hydrogens is 374 g/mol. The summed E-state index contributed by atoms with van der Waals surface area (Å²) in [5.41, 5.74) is 1.79. The van der Waals surface area contributed by atoms with Gasteiger partial charge in [-0.25, -0.2) is 8.42 Å². The van der Waals surface area contributed by atoms with Gasteiger partial charge in [-0.2, -0.15) is 4.31 Å². The summed E-state index contributed by atoms with van der Waals surface area (Å²) in [5.74, 6) is -0.198. The van der Waals surface area contributed by atoms with Crippen molar-refractivity contribution in [3.8, 4) is 0 Å². The number of nitrogens with zero attached hydrogens (tertiary/aromatic N) is 3. The molecule has 2 aromatic rings. The summed E-state index contributed by atoms with van der Waals surface area (Å²) in [7, 11) is -1.60. The maximum absolute atomic E-state index is 13.1. The van der Waals surface area contributed by atoms with Crippen molar-refractivity contribution in [2.24, 2.45) is 7.05 Å². The molecule has 1 aromatic carbocycles. The molecule has 0 aliphatic heterocycles. The molecule has 3 rings (SSSR count). The minimum Gasteiger partial charge on any atom is -0.353 e. The van der Waals surface area contributed by atoms with Crippen LogP contribution in [0, 0.1) is 0 Å². The van der Waals surface area contributed by atoms with Gasteiger partial charge in [-0.1, -0.05) is 37.3 Å². The number of amides is 1. The highest BCUT2D eigenvalue weighted by molar-refractivity contribution is 7.88. The quantitative estimate of drug-likeness (QED) is 0.613. The number of hydrogen-bond donors (Lipinski definition) is 0. The number of carbonyl (C=O) groups is 1. The molecule has 0 saturated heterocycles. The van der Waals surface area contributed by atoms with Crippen LogP contribution in [0.4, 0.5) is 0 Å². The predicted octanol–water partition coefficient (Wildman–Crippen LogP) is 2.76. The van der Waals surface area contributed by atoms with Crippen LogP contribution in [0.15, 0.2) is 48.7 Å². The molecule has 0 bridgehead atoms. The fourth-order valence-corrected chi connectivity index (χ4v) is 4.89. The van der Waals surface area contributed by atoms with Crippen LogP contribution in [0.2, 0.25) is 0 Å². The molecule has 0 radical (unpaired) electrons. The molecule has 0 atom stereocenters. The van der Waals surface area contributed by atoms with Crippen LogP contribution in [0.1, 0.15) is 37.4 Å². The van der Waals surface area contributed by atoms with Crippen molar-refractivity contribution in [1.29, 1.82) is 0 Å². The van der Waals surface area contributed by atoms with Gasteiger partial charge < -0.3 is 9.47 Å². The summed E-state index contributed by atoms with van der Waals surface area (Å²) >= 11 is 0. The lowest BCUT2D eigenvalue weighted by atomic mass is 10.2. The topological polar surface area (TPSA) is 62.6 Å². The first-order valence-corrected chi connectivity index (χ1v) is 11.4. The molecule has 152 valence electrons. The summed E-state index contributed by atoms with van der Waals surface area (Å²) in [6.45, 7) is 2.71. The Bertz CT molecular complexity index is 889. The van der Waals surface area contributed by atoms with Crippen molar-refractivity contribution in [1.82, 2.24) is 13.8 Å². The second kappa shape index (κ2) is 8.92. The highest BCUT2D eigenvalue weighted by Crippen LogP contribution is 2.29. The largest absolute Gasteiger partial charge is 0.353 e. The number of benzene rings is 1. The molecule has 1 fully saturated rings. The Hall–Kier alpha value is -2.12. The van der Waals surface area contributed by atoms with E-state index in [9.17, 15) is 13.2 Å². The van der Waals surface area contributed by atoms with Crippen LogP contribution in [0.25, 0.3) is 0 Å². The Morgan fingerprint density at radius 1 is 1.14 bits per heavy atom. The van der Waals surface area contributed by atoms with Gasteiger partial charge in [-0.3, -0.25) is 4.79 Å². The minimum absolute atomic E-state index is 0.0810. The van der Waals surface area contributed by atoms with Crippen LogP contribution >= 0.6 is 0 Å². The molecule has 7 heteroatoms. The summed E-state index contributed by atoms with van der Waals surface area (Å²) < 4.78 is 29.3. The summed E-state index contributed by atoms with van der Waals surface area (Å²) in [4.78, 5) is 14.9. The average Bonchev–Trinajstić information content (AvgIpc) is 3.42. The molecule has 6 nitrogen and oxygen atoms in total. The third-order valence-corrected chi connectivity index (χ3v) is 6.86. The van der Waals surface area contributed by atoms with Gasteiger partial charge in [0.25, 0.3) is 0 Å². The van der Waals surface area contributed by atoms with Crippen molar-refractivity contribution in [3.63, 3.8) is 0 Å². The summed E-state index contributed by atoms with van der Waals surface area (Å²) in [5, 5.41) is 0. The zero-order chi connectivity index (χ0) is 20.1. The van der Waals surface area contributed by atoms with Crippen molar-refractivity contribution in [3.05, 3.63) is 59.9 Å². The number of hydrogen-bond acceptors (Lipinski definition) is 3. The summed E-state index contributed by atoms with van der Waals surface area (Å²) in [6, 6.07) is 13.3. The Morgan fingerprint density at radius 3 is 2.43 bits per heavy atom. The Balaban J connectivity index is 1.72. The second-order valence-electron chi connectivity index (χ2n) is 7.44. The van der Waals surface area contributed by atoms with Gasteiger partial charge in [0, 0.05) is 31.5 Å². The monoisotopic (exact) mass is 403 g/mol. The van der Waals surface area contributed by atoms with Gasteiger partial charge in [0.1, 0.15) is 0 Å². The molecular formula is C21H29N3O3S. The van der Waals surface area contributed by atoms with Crippen molar-refractivity contribution in [2.45, 2.75) is 44.5 Å². The fraction of sp³-hybridized carbons (Fsp3) is 0.476. The van der Waals surface area contributed by atoms with Gasteiger partial charge in [-0.05, 0) is 37.0 Å². The first-order valence-electron chi connectivity index (χ1n) is 9.82. The molecule has 1 aliphatic rings. The lowest BCUT2D eigenvalue weighted by molar-refractivity contribution is -0.132. The van der Waals surface area contributed by atoms with Gasteiger partial charge in [0.2, 0.25) is 15.9 Å². The van der Waals surface area contributed by atoms with Crippen LogP contribution in [-0.2, 0) is 34.2 Å². The molecule has 1 aliphatic carbocycles. The van der Waals surface area contributed by atoms with Crippen LogP contribution in [-0.4, -0.2) is 47.2 Å². The van der Waals surface area contributed by atoms with Crippen molar-refractivity contribution >= 4 is 15.9 Å². The lowest BCUT2D eigenvalue weighted by Crippen LogP contribution is -2.44. The molecule has 0 N–H and O–H groups in total. The third kappa shape index (κ3) is 5.23. The zero-order valence-corrected chi connectivity index (χ0v) is 17.4. The van der Waals surface area contributed by atoms with Crippen LogP contribution in [0.5, 0.6) is 0 Å². The molecule has 0 unspecified atom stereocenters. The van der Waals surface area contributed by atoms with E-state index in [1.165, 1.54) is 4.31 Å². The maximum atomic E-state index is 13.1. The van der Waals surface area contributed by atoms with Gasteiger partial charge in [0.15, 0.2) is 0 Å². The number of aryl methyl sites for hydroxylation is 1. The number of carbonyl (C=O) groups excluding carboxylic acids is 1. The average molecular weight is 404 g/mol. The third-order valence-electron chi connectivity index (χ3n) is 5.06. The van der Waals surface area contributed by atoms with Gasteiger partial charge in [0.05, 0.1) is 18.8 Å². The van der Waals surface area contributed by atoms with Crippen molar-refractivity contribution in [2.75, 3.05) is 13.1 Å². The molecule has 0 spiro atoms. The van der Waals surface area contributed by atoms with Crippen molar-refractivity contribution < 1.29 is 13.2 Å². The SMILES string of the molecule is CCCN(CC(=O)N(Cc1cccn1C)C1CC1)S(=O)(=O)Cc1ccccc1. The number of sulfonamides is 1. The Labute approximate surface area is 167 Å². The molecule has 1 heterocycles. The van der Waals surface area contributed by atoms with E-state index in [1.54, 1.807) is 12.1 Å². The minimum atomic E-state index is -3.56. The highest BCUT2D eigenvalue weighted by Gasteiger charge is 2.35. The molecule has 1 amide bonds. The summed E-state index contributed by atoms with van der Waals surface area (Å²) in [6.07, 6.45) is 4.60. The van der Waals surface area contributed by atoms with Gasteiger partial charge >= 0.3 is 0 Å². The normalized spacial score (nSPS) is 14.4. The first kappa shape index (κ1) is 20.6. The van der Waals surface area contributed by atoms with E-state index in [4.69, 9.17) is 0 Å². The van der Waals surface area contributed by atoms with E-state index in [0.29, 0.717) is 19.5 Å². The highest BCUT2D eigenvalue weighted by atomic mass is 32.2. The smallest absolute Gasteiger partial charge is 0.238 e. The second-order valence-corrected chi connectivity index (χ2v) is 9.41. The van der Waals surface area contributed by atoms with Crippen LogP contribution < -0.4 is 0 Å².